The Labute approximate surface area is 118 Å². The molecule has 4 unspecified atom stereocenters. The van der Waals surface area contributed by atoms with E-state index < -0.39 is 0 Å². The molecule has 19 heavy (non-hydrogen) atoms. The van der Waals surface area contributed by atoms with Gasteiger partial charge in [0.15, 0.2) is 0 Å². The zero-order valence-corrected chi connectivity index (χ0v) is 12.6. The molecule has 2 aliphatic heterocycles. The first-order valence-corrected chi connectivity index (χ1v) is 8.37. The van der Waals surface area contributed by atoms with Gasteiger partial charge in [-0.3, -0.25) is 4.90 Å². The quantitative estimate of drug-likeness (QED) is 0.826. The van der Waals surface area contributed by atoms with Crippen LogP contribution in [0, 0.1) is 11.8 Å². The lowest BCUT2D eigenvalue weighted by Gasteiger charge is -2.44. The normalized spacial score (nSPS) is 38.5. The van der Waals surface area contributed by atoms with Crippen molar-refractivity contribution in [2.24, 2.45) is 11.8 Å². The zero-order valence-electron chi connectivity index (χ0n) is 12.6. The largest absolute Gasteiger partial charge is 0.377 e. The summed E-state index contributed by atoms with van der Waals surface area (Å²) in [6.45, 7) is 9.31. The van der Waals surface area contributed by atoms with Crippen LogP contribution >= 0.6 is 0 Å². The van der Waals surface area contributed by atoms with Crippen molar-refractivity contribution >= 4 is 0 Å². The minimum atomic E-state index is 0.504. The van der Waals surface area contributed by atoms with Crippen molar-refractivity contribution in [1.29, 1.82) is 0 Å². The molecule has 3 rings (SSSR count). The van der Waals surface area contributed by atoms with Crippen molar-refractivity contribution in [3.05, 3.63) is 0 Å². The van der Waals surface area contributed by atoms with Crippen LogP contribution in [-0.2, 0) is 4.74 Å². The average molecular weight is 266 g/mol. The van der Waals surface area contributed by atoms with E-state index in [9.17, 15) is 0 Å². The van der Waals surface area contributed by atoms with Crippen LogP contribution in [0.1, 0.15) is 46.0 Å². The van der Waals surface area contributed by atoms with E-state index >= 15 is 0 Å². The minimum Gasteiger partial charge on any atom is -0.377 e. The maximum absolute atomic E-state index is 5.87. The highest BCUT2D eigenvalue weighted by Crippen LogP contribution is 2.35. The number of rotatable bonds is 5. The number of hydrogen-bond acceptors (Lipinski definition) is 3. The van der Waals surface area contributed by atoms with Gasteiger partial charge >= 0.3 is 0 Å². The molecule has 4 atom stereocenters. The number of ether oxygens (including phenoxy) is 1. The fourth-order valence-electron chi connectivity index (χ4n) is 3.76. The highest BCUT2D eigenvalue weighted by Gasteiger charge is 2.39. The Bertz CT molecular complexity index is 284. The fourth-order valence-corrected chi connectivity index (χ4v) is 3.76. The van der Waals surface area contributed by atoms with Crippen molar-refractivity contribution in [3.8, 4) is 0 Å². The molecule has 3 aliphatic rings. The predicted molar refractivity (Wildman–Crippen MR) is 78.3 cm³/mol. The number of hydrogen-bond donors (Lipinski definition) is 1. The number of piperazine rings is 1. The highest BCUT2D eigenvalue weighted by molar-refractivity contribution is 4.96. The van der Waals surface area contributed by atoms with Crippen molar-refractivity contribution in [1.82, 2.24) is 10.2 Å². The third kappa shape index (κ3) is 3.32. The van der Waals surface area contributed by atoms with Gasteiger partial charge in [-0.05, 0) is 37.5 Å². The molecule has 0 bridgehead atoms. The van der Waals surface area contributed by atoms with Crippen LogP contribution in [0.15, 0.2) is 0 Å². The second-order valence-corrected chi connectivity index (χ2v) is 6.89. The van der Waals surface area contributed by atoms with Gasteiger partial charge in [-0.25, -0.2) is 0 Å². The van der Waals surface area contributed by atoms with Gasteiger partial charge in [-0.15, -0.1) is 0 Å². The summed E-state index contributed by atoms with van der Waals surface area (Å²) in [4.78, 5) is 2.75. The van der Waals surface area contributed by atoms with Crippen LogP contribution in [0.3, 0.4) is 0 Å². The lowest BCUT2D eigenvalue weighted by atomic mass is 9.93. The summed E-state index contributed by atoms with van der Waals surface area (Å²) in [7, 11) is 0. The molecule has 0 aromatic rings. The molecular weight excluding hydrogens is 236 g/mol. The van der Waals surface area contributed by atoms with Crippen LogP contribution in [0.4, 0.5) is 0 Å². The third-order valence-electron chi connectivity index (χ3n) is 5.44. The van der Waals surface area contributed by atoms with Gasteiger partial charge in [0.25, 0.3) is 0 Å². The van der Waals surface area contributed by atoms with E-state index in [2.05, 4.69) is 24.1 Å². The Morgan fingerprint density at radius 1 is 1.32 bits per heavy atom. The summed E-state index contributed by atoms with van der Waals surface area (Å²) in [6, 6.07) is 1.46. The molecule has 0 aromatic carbocycles. The number of nitrogens with zero attached hydrogens (tertiary/aromatic N) is 1. The molecule has 110 valence electrons. The summed E-state index contributed by atoms with van der Waals surface area (Å²) >= 11 is 0. The first-order chi connectivity index (χ1) is 9.28. The molecule has 0 amide bonds. The van der Waals surface area contributed by atoms with Crippen molar-refractivity contribution in [2.75, 3.05) is 26.2 Å². The van der Waals surface area contributed by atoms with E-state index in [0.717, 1.165) is 24.5 Å². The topological polar surface area (TPSA) is 24.5 Å². The van der Waals surface area contributed by atoms with Gasteiger partial charge in [-0.1, -0.05) is 20.3 Å². The van der Waals surface area contributed by atoms with E-state index in [1.165, 1.54) is 51.7 Å². The van der Waals surface area contributed by atoms with Crippen LogP contribution < -0.4 is 5.32 Å². The first-order valence-electron chi connectivity index (χ1n) is 8.37. The van der Waals surface area contributed by atoms with E-state index in [1.807, 2.05) is 0 Å². The number of nitrogens with one attached hydrogen (secondary N) is 1. The summed E-state index contributed by atoms with van der Waals surface area (Å²) in [6.07, 6.45) is 7.20. The van der Waals surface area contributed by atoms with Gasteiger partial charge in [0, 0.05) is 38.3 Å². The molecule has 3 heteroatoms. The summed E-state index contributed by atoms with van der Waals surface area (Å²) < 4.78 is 5.87. The van der Waals surface area contributed by atoms with Gasteiger partial charge in [0.1, 0.15) is 0 Å². The Morgan fingerprint density at radius 2 is 2.16 bits per heavy atom. The molecule has 1 aliphatic carbocycles. The lowest BCUT2D eigenvalue weighted by molar-refractivity contribution is 0.0217. The summed E-state index contributed by atoms with van der Waals surface area (Å²) in [5.41, 5.74) is 0. The molecule has 3 nitrogen and oxygen atoms in total. The molecular formula is C16H30N2O. The summed E-state index contributed by atoms with van der Waals surface area (Å²) in [5, 5.41) is 3.82. The summed E-state index contributed by atoms with van der Waals surface area (Å²) in [5.74, 6) is 1.75. The van der Waals surface area contributed by atoms with Gasteiger partial charge in [0.2, 0.25) is 0 Å². The SMILES string of the molecule is CCC(C)C1CNC(C2CC2)CN1CC1CCCO1. The van der Waals surface area contributed by atoms with E-state index in [-0.39, 0.29) is 0 Å². The predicted octanol–water partition coefficient (Wildman–Crippen LogP) is 2.26. The lowest BCUT2D eigenvalue weighted by Crippen LogP contribution is -2.60. The van der Waals surface area contributed by atoms with Crippen LogP contribution in [0.25, 0.3) is 0 Å². The second-order valence-electron chi connectivity index (χ2n) is 6.89. The maximum Gasteiger partial charge on any atom is 0.0702 e. The zero-order chi connectivity index (χ0) is 13.2. The average Bonchev–Trinajstić information content (AvgIpc) is 3.17. The Hall–Kier alpha value is -0.120. The standard InChI is InChI=1S/C16H30N2O/c1-3-12(2)16-9-17-15(13-6-7-13)11-18(16)10-14-5-4-8-19-14/h12-17H,3-11H2,1-2H3. The molecule has 3 fully saturated rings. The smallest absolute Gasteiger partial charge is 0.0702 e. The van der Waals surface area contributed by atoms with Crippen molar-refractivity contribution in [2.45, 2.75) is 64.1 Å². The van der Waals surface area contributed by atoms with Crippen LogP contribution in [0.5, 0.6) is 0 Å². The minimum absolute atomic E-state index is 0.504. The molecule has 0 spiro atoms. The second kappa shape index (κ2) is 6.11. The molecule has 0 aromatic heterocycles. The van der Waals surface area contributed by atoms with Crippen LogP contribution in [0.2, 0.25) is 0 Å². The Balaban J connectivity index is 1.61. The van der Waals surface area contributed by atoms with E-state index in [0.29, 0.717) is 12.1 Å². The monoisotopic (exact) mass is 266 g/mol. The van der Waals surface area contributed by atoms with Gasteiger partial charge in [0.05, 0.1) is 6.10 Å². The molecule has 0 radical (unpaired) electrons. The molecule has 2 saturated heterocycles. The third-order valence-corrected chi connectivity index (χ3v) is 5.44. The molecule has 1 N–H and O–H groups in total. The van der Waals surface area contributed by atoms with E-state index in [4.69, 9.17) is 4.74 Å². The van der Waals surface area contributed by atoms with E-state index in [1.54, 1.807) is 0 Å². The molecule has 1 saturated carbocycles. The Kier molecular flexibility index (Phi) is 4.45. The Morgan fingerprint density at radius 3 is 2.79 bits per heavy atom. The maximum atomic E-state index is 5.87. The van der Waals surface area contributed by atoms with Crippen LogP contribution in [-0.4, -0.2) is 49.3 Å². The highest BCUT2D eigenvalue weighted by atomic mass is 16.5. The van der Waals surface area contributed by atoms with Crippen molar-refractivity contribution in [3.63, 3.8) is 0 Å². The first kappa shape index (κ1) is 13.8. The van der Waals surface area contributed by atoms with Gasteiger partial charge in [-0.2, -0.15) is 0 Å². The fraction of sp³-hybridized carbons (Fsp3) is 1.00. The van der Waals surface area contributed by atoms with Crippen molar-refractivity contribution < 1.29 is 4.74 Å². The molecule has 2 heterocycles. The van der Waals surface area contributed by atoms with Gasteiger partial charge < -0.3 is 10.1 Å².